The molecule has 1 fully saturated rings. The zero-order valence-corrected chi connectivity index (χ0v) is 8.82. The lowest BCUT2D eigenvalue weighted by Gasteiger charge is -2.12. The number of nitrogens with two attached hydrogens (primary N) is 1. The van der Waals surface area contributed by atoms with Crippen LogP contribution in [0.4, 0.5) is 0 Å². The fraction of sp³-hybridized carbons (Fsp3) is 0.500. The number of hydrogen-bond donors (Lipinski definition) is 3. The van der Waals surface area contributed by atoms with Crippen molar-refractivity contribution >= 4 is 0 Å². The highest BCUT2D eigenvalue weighted by molar-refractivity contribution is 5.25. The topological polar surface area (TPSA) is 58.3 Å². The monoisotopic (exact) mass is 206 g/mol. The fourth-order valence-corrected chi connectivity index (χ4v) is 2.08. The third kappa shape index (κ3) is 2.94. The van der Waals surface area contributed by atoms with E-state index in [-0.39, 0.29) is 0 Å². The van der Waals surface area contributed by atoms with Crippen molar-refractivity contribution in [3.63, 3.8) is 0 Å². The number of phenolic OH excluding ortho intramolecular Hbond substituents is 1. The molecule has 3 nitrogen and oxygen atoms in total. The first-order valence-electron chi connectivity index (χ1n) is 5.51. The fourth-order valence-electron chi connectivity index (χ4n) is 2.08. The van der Waals surface area contributed by atoms with Gasteiger partial charge < -0.3 is 16.2 Å². The third-order valence-corrected chi connectivity index (χ3v) is 3.00. The van der Waals surface area contributed by atoms with Gasteiger partial charge in [0.1, 0.15) is 5.75 Å². The molecule has 0 bridgehead atoms. The van der Waals surface area contributed by atoms with Gasteiger partial charge in [-0.15, -0.1) is 0 Å². The Labute approximate surface area is 90.3 Å². The highest BCUT2D eigenvalue weighted by Gasteiger charge is 2.20. The standard InChI is InChI=1S/C12H18N2O/c13-10-3-4-11(7-10)14-8-9-1-5-12(15)6-2-9/h1-2,5-6,10-11,14-15H,3-4,7-8,13H2. The first-order chi connectivity index (χ1) is 7.24. The van der Waals surface area contributed by atoms with Gasteiger partial charge in [0.2, 0.25) is 0 Å². The molecule has 0 aliphatic heterocycles. The summed E-state index contributed by atoms with van der Waals surface area (Å²) in [5.74, 6) is 0.321. The lowest BCUT2D eigenvalue weighted by atomic mass is 10.2. The molecular formula is C12H18N2O. The maximum Gasteiger partial charge on any atom is 0.115 e. The minimum Gasteiger partial charge on any atom is -0.508 e. The summed E-state index contributed by atoms with van der Waals surface area (Å²) in [5, 5.41) is 12.6. The van der Waals surface area contributed by atoms with Gasteiger partial charge in [-0.1, -0.05) is 12.1 Å². The van der Waals surface area contributed by atoms with Crippen molar-refractivity contribution in [1.29, 1.82) is 0 Å². The van der Waals surface area contributed by atoms with Gasteiger partial charge in [-0.25, -0.2) is 0 Å². The molecule has 0 spiro atoms. The molecule has 2 unspecified atom stereocenters. The summed E-state index contributed by atoms with van der Waals surface area (Å²) in [6.45, 7) is 0.859. The normalized spacial score (nSPS) is 25.7. The first kappa shape index (κ1) is 10.5. The molecule has 0 saturated heterocycles. The summed E-state index contributed by atoms with van der Waals surface area (Å²) in [7, 11) is 0. The molecule has 1 aromatic carbocycles. The number of nitrogens with one attached hydrogen (secondary N) is 1. The molecule has 0 radical (unpaired) electrons. The molecule has 1 saturated carbocycles. The van der Waals surface area contributed by atoms with Crippen molar-refractivity contribution in [2.24, 2.45) is 5.73 Å². The average molecular weight is 206 g/mol. The van der Waals surface area contributed by atoms with Crippen LogP contribution in [-0.2, 0) is 6.54 Å². The van der Waals surface area contributed by atoms with Crippen LogP contribution in [-0.4, -0.2) is 17.2 Å². The molecule has 0 aromatic heterocycles. The maximum absolute atomic E-state index is 9.13. The Kier molecular flexibility index (Phi) is 3.23. The number of benzene rings is 1. The van der Waals surface area contributed by atoms with Gasteiger partial charge in [0.15, 0.2) is 0 Å². The van der Waals surface area contributed by atoms with Crippen LogP contribution in [0.3, 0.4) is 0 Å². The van der Waals surface area contributed by atoms with E-state index in [9.17, 15) is 0 Å². The summed E-state index contributed by atoms with van der Waals surface area (Å²) in [5.41, 5.74) is 7.04. The molecule has 15 heavy (non-hydrogen) atoms. The van der Waals surface area contributed by atoms with E-state index >= 15 is 0 Å². The predicted octanol–water partition coefficient (Wildman–Crippen LogP) is 1.36. The van der Waals surface area contributed by atoms with Crippen molar-refractivity contribution in [2.45, 2.75) is 37.9 Å². The van der Waals surface area contributed by atoms with Crippen LogP contribution in [0.15, 0.2) is 24.3 Å². The van der Waals surface area contributed by atoms with E-state index in [0.29, 0.717) is 17.8 Å². The maximum atomic E-state index is 9.13. The van der Waals surface area contributed by atoms with Crippen LogP contribution >= 0.6 is 0 Å². The van der Waals surface area contributed by atoms with E-state index in [1.807, 2.05) is 12.1 Å². The SMILES string of the molecule is NC1CCC(NCc2ccc(O)cc2)C1. The second kappa shape index (κ2) is 4.64. The second-order valence-electron chi connectivity index (χ2n) is 4.32. The number of aromatic hydroxyl groups is 1. The Hall–Kier alpha value is -1.06. The lowest BCUT2D eigenvalue weighted by Crippen LogP contribution is -2.27. The Morgan fingerprint density at radius 3 is 2.60 bits per heavy atom. The van der Waals surface area contributed by atoms with Crippen molar-refractivity contribution < 1.29 is 5.11 Å². The van der Waals surface area contributed by atoms with Crippen LogP contribution in [0, 0.1) is 0 Å². The van der Waals surface area contributed by atoms with Gasteiger partial charge in [-0.05, 0) is 37.0 Å². The van der Waals surface area contributed by atoms with Crippen LogP contribution in [0.1, 0.15) is 24.8 Å². The molecule has 2 rings (SSSR count). The van der Waals surface area contributed by atoms with Gasteiger partial charge in [-0.3, -0.25) is 0 Å². The Morgan fingerprint density at radius 2 is 2.00 bits per heavy atom. The van der Waals surface area contributed by atoms with Gasteiger partial charge >= 0.3 is 0 Å². The van der Waals surface area contributed by atoms with Crippen molar-refractivity contribution in [3.8, 4) is 5.75 Å². The van der Waals surface area contributed by atoms with E-state index in [1.54, 1.807) is 12.1 Å². The molecule has 0 heterocycles. The minimum absolute atomic E-state index is 0.321. The molecule has 1 aromatic rings. The van der Waals surface area contributed by atoms with E-state index < -0.39 is 0 Å². The zero-order valence-electron chi connectivity index (χ0n) is 8.82. The van der Waals surface area contributed by atoms with Crippen LogP contribution in [0.25, 0.3) is 0 Å². The van der Waals surface area contributed by atoms with Gasteiger partial charge in [-0.2, -0.15) is 0 Å². The average Bonchev–Trinajstić information content (AvgIpc) is 2.64. The quantitative estimate of drug-likeness (QED) is 0.700. The molecule has 4 N–H and O–H groups in total. The second-order valence-corrected chi connectivity index (χ2v) is 4.32. The highest BCUT2D eigenvalue weighted by atomic mass is 16.3. The van der Waals surface area contributed by atoms with Crippen molar-refractivity contribution in [1.82, 2.24) is 5.32 Å². The summed E-state index contributed by atoms with van der Waals surface area (Å²) < 4.78 is 0. The molecule has 3 heteroatoms. The molecule has 1 aliphatic carbocycles. The molecule has 82 valence electrons. The summed E-state index contributed by atoms with van der Waals surface area (Å²) in [6, 6.07) is 8.26. The highest BCUT2D eigenvalue weighted by Crippen LogP contribution is 2.18. The van der Waals surface area contributed by atoms with Crippen LogP contribution < -0.4 is 11.1 Å². The molecular weight excluding hydrogens is 188 g/mol. The lowest BCUT2D eigenvalue weighted by molar-refractivity contribution is 0.474. The summed E-state index contributed by atoms with van der Waals surface area (Å²) >= 11 is 0. The molecule has 1 aliphatic rings. The number of phenols is 1. The smallest absolute Gasteiger partial charge is 0.115 e. The predicted molar refractivity (Wildman–Crippen MR) is 60.6 cm³/mol. The Balaban J connectivity index is 1.80. The van der Waals surface area contributed by atoms with Crippen molar-refractivity contribution in [2.75, 3.05) is 0 Å². The minimum atomic E-state index is 0.321. The first-order valence-corrected chi connectivity index (χ1v) is 5.51. The Bertz CT molecular complexity index is 310. The summed E-state index contributed by atoms with van der Waals surface area (Å²) in [4.78, 5) is 0. The molecule has 2 atom stereocenters. The number of hydrogen-bond acceptors (Lipinski definition) is 3. The molecule has 0 amide bonds. The zero-order chi connectivity index (χ0) is 10.7. The van der Waals surface area contributed by atoms with E-state index in [1.165, 1.54) is 12.0 Å². The van der Waals surface area contributed by atoms with Crippen LogP contribution in [0.5, 0.6) is 5.75 Å². The van der Waals surface area contributed by atoms with Gasteiger partial charge in [0.05, 0.1) is 0 Å². The third-order valence-electron chi connectivity index (χ3n) is 3.00. The van der Waals surface area contributed by atoms with Gasteiger partial charge in [0.25, 0.3) is 0 Å². The van der Waals surface area contributed by atoms with Gasteiger partial charge in [0, 0.05) is 18.6 Å². The van der Waals surface area contributed by atoms with E-state index in [0.717, 1.165) is 19.4 Å². The number of rotatable bonds is 3. The largest absolute Gasteiger partial charge is 0.508 e. The summed E-state index contributed by atoms with van der Waals surface area (Å²) in [6.07, 6.45) is 3.39. The Morgan fingerprint density at radius 1 is 1.27 bits per heavy atom. The van der Waals surface area contributed by atoms with E-state index in [2.05, 4.69) is 5.32 Å². The van der Waals surface area contributed by atoms with E-state index in [4.69, 9.17) is 10.8 Å². The van der Waals surface area contributed by atoms with Crippen LogP contribution in [0.2, 0.25) is 0 Å². The van der Waals surface area contributed by atoms with Crippen molar-refractivity contribution in [3.05, 3.63) is 29.8 Å².